The number of nitrogens with zero attached hydrogens (tertiary/aromatic N) is 3. The van der Waals surface area contributed by atoms with E-state index in [4.69, 9.17) is 4.52 Å². The van der Waals surface area contributed by atoms with Crippen molar-refractivity contribution < 1.29 is 12.9 Å². The van der Waals surface area contributed by atoms with Crippen molar-refractivity contribution in [3.63, 3.8) is 0 Å². The summed E-state index contributed by atoms with van der Waals surface area (Å²) in [6.45, 7) is 5.71. The predicted octanol–water partition coefficient (Wildman–Crippen LogP) is 3.90. The first kappa shape index (κ1) is 20.0. The normalized spacial score (nSPS) is 19.3. The zero-order chi connectivity index (χ0) is 19.5. The number of hydrogen-bond donors (Lipinski definition) is 0. The van der Waals surface area contributed by atoms with Gasteiger partial charge in [0.2, 0.25) is 15.9 Å². The van der Waals surface area contributed by atoms with Gasteiger partial charge < -0.3 is 4.52 Å². The van der Waals surface area contributed by atoms with Crippen LogP contribution < -0.4 is 0 Å². The van der Waals surface area contributed by atoms with E-state index < -0.39 is 14.8 Å². The van der Waals surface area contributed by atoms with Gasteiger partial charge in [-0.1, -0.05) is 41.9 Å². The number of aryl methyl sites for hydroxylation is 2. The molecule has 1 saturated heterocycles. The van der Waals surface area contributed by atoms with Crippen molar-refractivity contribution in [3.05, 3.63) is 47.6 Å². The second-order valence-corrected chi connectivity index (χ2v) is 10.8. The van der Waals surface area contributed by atoms with Crippen LogP contribution in [-0.4, -0.2) is 34.2 Å². The van der Waals surface area contributed by atoms with Crippen LogP contribution in [0.25, 0.3) is 0 Å². The summed E-state index contributed by atoms with van der Waals surface area (Å²) in [7, 11) is -3.43. The quantitative estimate of drug-likeness (QED) is 0.746. The summed E-state index contributed by atoms with van der Waals surface area (Å²) < 4.78 is 32.1. The van der Waals surface area contributed by atoms with Crippen molar-refractivity contribution in [3.8, 4) is 0 Å². The van der Waals surface area contributed by atoms with Crippen LogP contribution in [0, 0.1) is 0 Å². The third-order valence-corrected chi connectivity index (χ3v) is 7.62. The van der Waals surface area contributed by atoms with Crippen molar-refractivity contribution in [1.29, 1.82) is 0 Å². The van der Waals surface area contributed by atoms with Gasteiger partial charge in [-0.2, -0.15) is 9.29 Å². The Morgan fingerprint density at radius 1 is 1.15 bits per heavy atom. The van der Waals surface area contributed by atoms with E-state index in [0.717, 1.165) is 38.5 Å². The monoisotopic (exact) mass is 391 g/mol. The SMILES string of the molecule is CC(C)(C)S(=O)(=O)N1CCCC[C@H]1c1nc(CCCc2ccccc2)no1. The number of piperidine rings is 1. The van der Waals surface area contributed by atoms with Gasteiger partial charge in [-0.05, 0) is 52.0 Å². The van der Waals surface area contributed by atoms with Gasteiger partial charge in [-0.15, -0.1) is 0 Å². The van der Waals surface area contributed by atoms with E-state index in [9.17, 15) is 8.42 Å². The molecule has 0 amide bonds. The van der Waals surface area contributed by atoms with Crippen molar-refractivity contribution >= 4 is 10.0 Å². The minimum Gasteiger partial charge on any atom is -0.338 e. The highest BCUT2D eigenvalue weighted by Gasteiger charge is 2.42. The molecule has 2 heterocycles. The van der Waals surface area contributed by atoms with Crippen LogP contribution in [0.3, 0.4) is 0 Å². The van der Waals surface area contributed by atoms with Gasteiger partial charge in [-0.25, -0.2) is 8.42 Å². The van der Waals surface area contributed by atoms with E-state index >= 15 is 0 Å². The summed E-state index contributed by atoms with van der Waals surface area (Å²) in [5.41, 5.74) is 1.29. The lowest BCUT2D eigenvalue weighted by molar-refractivity contribution is 0.201. The molecule has 0 radical (unpaired) electrons. The molecule has 1 fully saturated rings. The molecule has 0 N–H and O–H groups in total. The summed E-state index contributed by atoms with van der Waals surface area (Å²) in [6, 6.07) is 9.96. The molecule has 1 atom stereocenters. The molecule has 0 aliphatic carbocycles. The Morgan fingerprint density at radius 2 is 1.89 bits per heavy atom. The number of aromatic nitrogens is 2. The van der Waals surface area contributed by atoms with Gasteiger partial charge in [0.15, 0.2) is 5.82 Å². The maximum Gasteiger partial charge on any atom is 0.245 e. The molecule has 27 heavy (non-hydrogen) atoms. The van der Waals surface area contributed by atoms with E-state index in [2.05, 4.69) is 22.3 Å². The molecule has 1 aromatic carbocycles. The number of sulfonamides is 1. The fraction of sp³-hybridized carbons (Fsp3) is 0.600. The third kappa shape index (κ3) is 4.58. The van der Waals surface area contributed by atoms with Gasteiger partial charge in [-0.3, -0.25) is 0 Å². The summed E-state index contributed by atoms with van der Waals surface area (Å²) >= 11 is 0. The molecule has 1 aliphatic rings. The van der Waals surface area contributed by atoms with Gasteiger partial charge >= 0.3 is 0 Å². The lowest BCUT2D eigenvalue weighted by atomic mass is 10.1. The van der Waals surface area contributed by atoms with E-state index in [0.29, 0.717) is 18.3 Å². The molecule has 3 rings (SSSR count). The first-order valence-corrected chi connectivity index (χ1v) is 11.1. The average molecular weight is 392 g/mol. The predicted molar refractivity (Wildman–Crippen MR) is 105 cm³/mol. The Hall–Kier alpha value is -1.73. The number of hydrogen-bond acceptors (Lipinski definition) is 5. The highest BCUT2D eigenvalue weighted by Crippen LogP contribution is 2.36. The molecule has 1 aliphatic heterocycles. The van der Waals surface area contributed by atoms with Crippen LogP contribution in [-0.2, 0) is 22.9 Å². The van der Waals surface area contributed by atoms with Gasteiger partial charge in [0, 0.05) is 13.0 Å². The smallest absolute Gasteiger partial charge is 0.245 e. The summed E-state index contributed by atoms with van der Waals surface area (Å²) in [5.74, 6) is 1.08. The van der Waals surface area contributed by atoms with Crippen molar-refractivity contribution in [2.24, 2.45) is 0 Å². The van der Waals surface area contributed by atoms with Gasteiger partial charge in [0.05, 0.1) is 4.75 Å². The zero-order valence-corrected chi connectivity index (χ0v) is 17.2. The van der Waals surface area contributed by atoms with Gasteiger partial charge in [0.1, 0.15) is 6.04 Å². The fourth-order valence-corrected chi connectivity index (χ4v) is 4.99. The molecular formula is C20H29N3O3S. The molecule has 0 spiro atoms. The maximum atomic E-state index is 13.0. The van der Waals surface area contributed by atoms with E-state index in [1.807, 2.05) is 18.2 Å². The van der Waals surface area contributed by atoms with Crippen molar-refractivity contribution in [2.75, 3.05) is 6.54 Å². The Labute approximate surface area is 162 Å². The van der Waals surface area contributed by atoms with Crippen LogP contribution in [0.5, 0.6) is 0 Å². The molecule has 0 saturated carbocycles. The molecule has 0 bridgehead atoms. The lowest BCUT2D eigenvalue weighted by Gasteiger charge is -2.36. The van der Waals surface area contributed by atoms with Gasteiger partial charge in [0.25, 0.3) is 0 Å². The number of rotatable bonds is 6. The summed E-state index contributed by atoms with van der Waals surface area (Å²) in [5, 5.41) is 4.09. The average Bonchev–Trinajstić information content (AvgIpc) is 3.10. The van der Waals surface area contributed by atoms with Crippen LogP contribution in [0.15, 0.2) is 34.9 Å². The molecular weight excluding hydrogens is 362 g/mol. The largest absolute Gasteiger partial charge is 0.338 e. The van der Waals surface area contributed by atoms with Crippen LogP contribution in [0.2, 0.25) is 0 Å². The molecule has 1 aromatic heterocycles. The Morgan fingerprint density at radius 3 is 2.59 bits per heavy atom. The first-order valence-electron chi connectivity index (χ1n) is 9.67. The third-order valence-electron chi connectivity index (χ3n) is 5.01. The molecule has 0 unspecified atom stereocenters. The van der Waals surface area contributed by atoms with Crippen LogP contribution >= 0.6 is 0 Å². The van der Waals surface area contributed by atoms with Crippen LogP contribution in [0.1, 0.15) is 69.8 Å². The topological polar surface area (TPSA) is 76.3 Å². The Kier molecular flexibility index (Phi) is 6.01. The Balaban J connectivity index is 1.68. The number of benzene rings is 1. The Bertz CT molecular complexity index is 841. The fourth-order valence-electron chi connectivity index (χ4n) is 3.39. The maximum absolute atomic E-state index is 13.0. The van der Waals surface area contributed by atoms with Crippen molar-refractivity contribution in [1.82, 2.24) is 14.4 Å². The highest BCUT2D eigenvalue weighted by atomic mass is 32.2. The minimum absolute atomic E-state index is 0.349. The standard InChI is InChI=1S/C20H29N3O3S/c1-20(2,3)27(24,25)23-15-8-7-13-17(23)19-21-18(22-26-19)14-9-12-16-10-5-4-6-11-16/h4-6,10-11,17H,7-9,12-15H2,1-3H3/t17-/m0/s1. The molecule has 7 heteroatoms. The second kappa shape index (κ2) is 8.10. The first-order chi connectivity index (χ1) is 12.8. The summed E-state index contributed by atoms with van der Waals surface area (Å²) in [6.07, 6.45) is 5.16. The minimum atomic E-state index is -3.43. The van der Waals surface area contributed by atoms with E-state index in [1.54, 1.807) is 25.1 Å². The van der Waals surface area contributed by atoms with Crippen molar-refractivity contribution in [2.45, 2.75) is 70.1 Å². The van der Waals surface area contributed by atoms with E-state index in [-0.39, 0.29) is 6.04 Å². The highest BCUT2D eigenvalue weighted by molar-refractivity contribution is 7.90. The molecule has 148 valence electrons. The zero-order valence-electron chi connectivity index (χ0n) is 16.4. The van der Waals surface area contributed by atoms with Crippen LogP contribution in [0.4, 0.5) is 0 Å². The second-order valence-electron chi connectivity index (χ2n) is 8.13. The molecule has 6 nitrogen and oxygen atoms in total. The summed E-state index contributed by atoms with van der Waals surface area (Å²) in [4.78, 5) is 4.53. The molecule has 2 aromatic rings. The lowest BCUT2D eigenvalue weighted by Crippen LogP contribution is -2.46. The van der Waals surface area contributed by atoms with E-state index in [1.165, 1.54) is 5.56 Å².